The van der Waals surface area contributed by atoms with Gasteiger partial charge < -0.3 is 10.1 Å². The monoisotopic (exact) mass is 315 g/mol. The summed E-state index contributed by atoms with van der Waals surface area (Å²) in [6, 6.07) is 12.1. The first-order chi connectivity index (χ1) is 10.7. The molecule has 6 heteroatoms. The third kappa shape index (κ3) is 2.89. The molecule has 2 aromatic carbocycles. The van der Waals surface area contributed by atoms with Gasteiger partial charge in [0, 0.05) is 6.54 Å². The van der Waals surface area contributed by atoms with Crippen LogP contribution in [0.1, 0.15) is 5.56 Å². The Balaban J connectivity index is 1.82. The zero-order valence-electron chi connectivity index (χ0n) is 11.9. The first kappa shape index (κ1) is 14.4. The summed E-state index contributed by atoms with van der Waals surface area (Å²) in [5.41, 5.74) is 1.19. The van der Waals surface area contributed by atoms with E-state index in [9.17, 15) is 4.79 Å². The van der Waals surface area contributed by atoms with Crippen molar-refractivity contribution in [2.45, 2.75) is 6.54 Å². The number of rotatable bonds is 4. The van der Waals surface area contributed by atoms with Gasteiger partial charge in [0.05, 0.1) is 19.0 Å². The summed E-state index contributed by atoms with van der Waals surface area (Å²) in [7, 11) is 1.65. The van der Waals surface area contributed by atoms with E-state index < -0.39 is 5.56 Å². The molecule has 5 nitrogen and oxygen atoms in total. The number of aromatic amines is 1. The molecule has 0 bridgehead atoms. The van der Waals surface area contributed by atoms with E-state index in [1.807, 2.05) is 30.3 Å². The number of halogens is 1. The molecule has 0 aliphatic rings. The van der Waals surface area contributed by atoms with Gasteiger partial charge in [-0.05, 0) is 34.5 Å². The number of benzene rings is 2. The number of methoxy groups -OCH3 is 1. The van der Waals surface area contributed by atoms with Gasteiger partial charge in [-0.25, -0.2) is 5.10 Å². The molecule has 0 radical (unpaired) electrons. The maximum Gasteiger partial charge on any atom is 0.285 e. The highest BCUT2D eigenvalue weighted by atomic mass is 35.5. The Morgan fingerprint density at radius 3 is 2.82 bits per heavy atom. The molecule has 2 N–H and O–H groups in total. The van der Waals surface area contributed by atoms with Crippen LogP contribution in [0.5, 0.6) is 5.75 Å². The van der Waals surface area contributed by atoms with Gasteiger partial charge >= 0.3 is 0 Å². The molecule has 0 atom stereocenters. The molecule has 112 valence electrons. The van der Waals surface area contributed by atoms with Gasteiger partial charge in [0.15, 0.2) is 0 Å². The molecule has 0 amide bonds. The molecule has 0 fully saturated rings. The maximum atomic E-state index is 11.4. The number of nitrogens with one attached hydrogen (secondary N) is 2. The van der Waals surface area contributed by atoms with Gasteiger partial charge in [0.25, 0.3) is 5.56 Å². The van der Waals surface area contributed by atoms with Gasteiger partial charge in [-0.15, -0.1) is 0 Å². The van der Waals surface area contributed by atoms with Crippen molar-refractivity contribution < 1.29 is 4.74 Å². The third-order valence-electron chi connectivity index (χ3n) is 3.39. The average Bonchev–Trinajstić information content (AvgIpc) is 2.55. The Kier molecular flexibility index (Phi) is 3.98. The Labute approximate surface area is 131 Å². The lowest BCUT2D eigenvalue weighted by Gasteiger charge is -2.09. The Morgan fingerprint density at radius 2 is 2.00 bits per heavy atom. The second kappa shape index (κ2) is 6.07. The van der Waals surface area contributed by atoms with E-state index in [0.717, 1.165) is 22.1 Å². The first-order valence-corrected chi connectivity index (χ1v) is 7.09. The zero-order chi connectivity index (χ0) is 15.5. The minimum atomic E-state index is -0.405. The van der Waals surface area contributed by atoms with Gasteiger partial charge in [-0.1, -0.05) is 29.8 Å². The molecule has 3 aromatic rings. The van der Waals surface area contributed by atoms with Crippen molar-refractivity contribution in [3.63, 3.8) is 0 Å². The average molecular weight is 316 g/mol. The smallest absolute Gasteiger partial charge is 0.285 e. The molecular weight excluding hydrogens is 302 g/mol. The lowest BCUT2D eigenvalue weighted by atomic mass is 10.1. The second-order valence-electron chi connectivity index (χ2n) is 4.83. The highest BCUT2D eigenvalue weighted by molar-refractivity contribution is 6.32. The molecule has 0 aliphatic carbocycles. The number of H-pyrrole nitrogens is 1. The minimum Gasteiger partial charge on any atom is -0.497 e. The van der Waals surface area contributed by atoms with Crippen molar-refractivity contribution in [2.75, 3.05) is 12.4 Å². The molecule has 1 heterocycles. The molecule has 22 heavy (non-hydrogen) atoms. The molecule has 1 aromatic heterocycles. The predicted octanol–water partition coefficient (Wildman–Crippen LogP) is 3.20. The van der Waals surface area contributed by atoms with Crippen LogP contribution in [0.4, 0.5) is 5.69 Å². The van der Waals surface area contributed by atoms with Crippen molar-refractivity contribution in [3.8, 4) is 5.75 Å². The van der Waals surface area contributed by atoms with Crippen LogP contribution >= 0.6 is 11.6 Å². The molecule has 0 saturated heterocycles. The first-order valence-electron chi connectivity index (χ1n) is 6.71. The van der Waals surface area contributed by atoms with Crippen molar-refractivity contribution >= 4 is 28.1 Å². The van der Waals surface area contributed by atoms with E-state index in [0.29, 0.717) is 12.2 Å². The lowest BCUT2D eigenvalue weighted by Crippen LogP contribution is -2.11. The summed E-state index contributed by atoms with van der Waals surface area (Å²) < 4.78 is 5.22. The highest BCUT2D eigenvalue weighted by Crippen LogP contribution is 2.22. The highest BCUT2D eigenvalue weighted by Gasteiger charge is 2.05. The molecule has 0 unspecified atom stereocenters. The molecular formula is C16H14ClN3O2. The van der Waals surface area contributed by atoms with Crippen molar-refractivity contribution in [2.24, 2.45) is 0 Å². The van der Waals surface area contributed by atoms with Gasteiger partial charge in [0.2, 0.25) is 0 Å². The third-order valence-corrected chi connectivity index (χ3v) is 3.77. The van der Waals surface area contributed by atoms with Gasteiger partial charge in [0.1, 0.15) is 10.8 Å². The van der Waals surface area contributed by atoms with Crippen LogP contribution in [0.15, 0.2) is 47.4 Å². The Morgan fingerprint density at radius 1 is 1.23 bits per heavy atom. The van der Waals surface area contributed by atoms with Crippen LogP contribution < -0.4 is 15.6 Å². The van der Waals surface area contributed by atoms with Crippen LogP contribution in [0.25, 0.3) is 10.8 Å². The number of aromatic nitrogens is 2. The topological polar surface area (TPSA) is 67.0 Å². The SMILES string of the molecule is COc1ccc2cc(CNc3cn[nH]c(=O)c3Cl)ccc2c1. The number of ether oxygens (including phenoxy) is 1. The fraction of sp³-hybridized carbons (Fsp3) is 0.125. The van der Waals surface area contributed by atoms with E-state index >= 15 is 0 Å². The summed E-state index contributed by atoms with van der Waals surface area (Å²) >= 11 is 5.93. The summed E-state index contributed by atoms with van der Waals surface area (Å²) in [4.78, 5) is 11.4. The fourth-order valence-electron chi connectivity index (χ4n) is 2.21. The lowest BCUT2D eigenvalue weighted by molar-refractivity contribution is 0.415. The van der Waals surface area contributed by atoms with Crippen molar-refractivity contribution in [1.29, 1.82) is 0 Å². The number of nitrogens with zero attached hydrogens (tertiary/aromatic N) is 1. The van der Waals surface area contributed by atoms with E-state index in [1.54, 1.807) is 7.11 Å². The largest absolute Gasteiger partial charge is 0.497 e. The van der Waals surface area contributed by atoms with E-state index in [-0.39, 0.29) is 5.02 Å². The van der Waals surface area contributed by atoms with Crippen LogP contribution in [-0.2, 0) is 6.54 Å². The van der Waals surface area contributed by atoms with Crippen LogP contribution in [-0.4, -0.2) is 17.3 Å². The molecule has 0 aliphatic heterocycles. The normalized spacial score (nSPS) is 10.6. The molecule has 0 spiro atoms. The van der Waals surface area contributed by atoms with Crippen LogP contribution in [0.2, 0.25) is 5.02 Å². The van der Waals surface area contributed by atoms with Gasteiger partial charge in [-0.3, -0.25) is 4.79 Å². The summed E-state index contributed by atoms with van der Waals surface area (Å²) in [6.07, 6.45) is 1.50. The van der Waals surface area contributed by atoms with Crippen LogP contribution in [0, 0.1) is 0 Å². The summed E-state index contributed by atoms with van der Waals surface area (Å²) in [5, 5.41) is 11.5. The number of hydrogen-bond donors (Lipinski definition) is 2. The molecule has 0 saturated carbocycles. The predicted molar refractivity (Wildman–Crippen MR) is 87.7 cm³/mol. The zero-order valence-corrected chi connectivity index (χ0v) is 12.6. The summed E-state index contributed by atoms with van der Waals surface area (Å²) in [5.74, 6) is 0.833. The van der Waals surface area contributed by atoms with E-state index in [1.165, 1.54) is 6.20 Å². The van der Waals surface area contributed by atoms with E-state index in [2.05, 4.69) is 21.6 Å². The van der Waals surface area contributed by atoms with Crippen molar-refractivity contribution in [3.05, 3.63) is 63.5 Å². The van der Waals surface area contributed by atoms with Gasteiger partial charge in [-0.2, -0.15) is 5.10 Å². The standard InChI is InChI=1S/C16H14ClN3O2/c1-22-13-5-4-11-6-10(2-3-12(11)7-13)8-18-14-9-19-20-16(21)15(14)17/h2-7,9H,8H2,1H3,(H2,18,20,21). The maximum absolute atomic E-state index is 11.4. The second-order valence-corrected chi connectivity index (χ2v) is 5.21. The van der Waals surface area contributed by atoms with E-state index in [4.69, 9.17) is 16.3 Å². The number of hydrogen-bond acceptors (Lipinski definition) is 4. The minimum absolute atomic E-state index is 0.112. The Hall–Kier alpha value is -2.53. The quantitative estimate of drug-likeness (QED) is 0.776. The molecule has 3 rings (SSSR count). The Bertz CT molecular complexity index is 877. The van der Waals surface area contributed by atoms with Crippen molar-refractivity contribution in [1.82, 2.24) is 10.2 Å². The fourth-order valence-corrected chi connectivity index (χ4v) is 2.37. The number of fused-ring (bicyclic) bond motifs is 1. The summed E-state index contributed by atoms with van der Waals surface area (Å²) in [6.45, 7) is 0.548. The number of anilines is 1. The van der Waals surface area contributed by atoms with Crippen LogP contribution in [0.3, 0.4) is 0 Å².